The van der Waals surface area contributed by atoms with Crippen LogP contribution in [0.3, 0.4) is 0 Å². The third-order valence-electron chi connectivity index (χ3n) is 3.23. The Kier molecular flexibility index (Phi) is 7.23. The first-order valence-electron chi connectivity index (χ1n) is 6.86. The van der Waals surface area contributed by atoms with E-state index in [0.29, 0.717) is 13.2 Å². The molecule has 106 valence electrons. The highest BCUT2D eigenvalue weighted by atomic mass is 16.5. The zero-order valence-electron chi connectivity index (χ0n) is 11.6. The van der Waals surface area contributed by atoms with Crippen LogP contribution in [-0.4, -0.2) is 73.4 Å². The molecule has 0 spiro atoms. The van der Waals surface area contributed by atoms with E-state index in [0.717, 1.165) is 13.1 Å². The van der Waals surface area contributed by atoms with Crippen LogP contribution in [0.4, 0.5) is 0 Å². The van der Waals surface area contributed by atoms with Crippen molar-refractivity contribution in [2.45, 2.75) is 32.3 Å². The van der Waals surface area contributed by atoms with Crippen molar-refractivity contribution >= 4 is 5.97 Å². The highest BCUT2D eigenvalue weighted by Gasteiger charge is 2.15. The summed E-state index contributed by atoms with van der Waals surface area (Å²) in [5.41, 5.74) is 0. The van der Waals surface area contributed by atoms with Crippen LogP contribution in [0.1, 0.15) is 26.2 Å². The van der Waals surface area contributed by atoms with Gasteiger partial charge in [0, 0.05) is 19.6 Å². The number of likely N-dealkylation sites (tertiary alicyclic amines) is 1. The molecule has 1 rings (SSSR count). The van der Waals surface area contributed by atoms with Crippen LogP contribution < -0.4 is 0 Å². The number of nitrogens with zero attached hydrogens (tertiary/aromatic N) is 2. The van der Waals surface area contributed by atoms with Crippen molar-refractivity contribution in [3.05, 3.63) is 0 Å². The van der Waals surface area contributed by atoms with Gasteiger partial charge in [0.1, 0.15) is 0 Å². The Balaban J connectivity index is 2.10. The first kappa shape index (κ1) is 15.4. The normalized spacial score (nSPS) is 18.2. The third-order valence-corrected chi connectivity index (χ3v) is 3.23. The molecule has 5 nitrogen and oxygen atoms in total. The number of likely N-dealkylation sites (N-methyl/N-ethyl adjacent to an activating group) is 1. The maximum atomic E-state index is 11.2. The molecule has 5 heteroatoms. The van der Waals surface area contributed by atoms with E-state index < -0.39 is 6.10 Å². The van der Waals surface area contributed by atoms with Gasteiger partial charge in [0.05, 0.1) is 19.1 Å². The molecule has 1 atom stereocenters. The van der Waals surface area contributed by atoms with Crippen LogP contribution in [0.2, 0.25) is 0 Å². The molecule has 0 aromatic rings. The quantitative estimate of drug-likeness (QED) is 0.636. The second-order valence-corrected chi connectivity index (χ2v) is 4.97. The molecule has 1 N–H and O–H groups in total. The predicted octanol–water partition coefficient (Wildman–Crippen LogP) is 0.328. The summed E-state index contributed by atoms with van der Waals surface area (Å²) in [6.07, 6.45) is 2.05. The maximum absolute atomic E-state index is 11.2. The number of carbonyl (C=O) groups excluding carboxylic acids is 1. The van der Waals surface area contributed by atoms with Crippen molar-refractivity contribution in [3.8, 4) is 0 Å². The summed E-state index contributed by atoms with van der Waals surface area (Å²) in [6.45, 7) is 7.02. The van der Waals surface area contributed by atoms with Crippen molar-refractivity contribution in [3.63, 3.8) is 0 Å². The molecule has 1 fully saturated rings. The molecule has 1 aliphatic heterocycles. The van der Waals surface area contributed by atoms with E-state index in [9.17, 15) is 9.90 Å². The summed E-state index contributed by atoms with van der Waals surface area (Å²) >= 11 is 0. The van der Waals surface area contributed by atoms with Gasteiger partial charge in [-0.3, -0.25) is 4.79 Å². The molecule has 0 amide bonds. The van der Waals surface area contributed by atoms with Crippen molar-refractivity contribution < 1.29 is 14.6 Å². The second-order valence-electron chi connectivity index (χ2n) is 4.97. The summed E-state index contributed by atoms with van der Waals surface area (Å²) in [5.74, 6) is -0.321. The smallest absolute Gasteiger partial charge is 0.308 e. The van der Waals surface area contributed by atoms with Gasteiger partial charge in [0.2, 0.25) is 0 Å². The molecule has 0 aromatic heterocycles. The van der Waals surface area contributed by atoms with Gasteiger partial charge in [-0.1, -0.05) is 0 Å². The molecule has 1 aliphatic rings. The van der Waals surface area contributed by atoms with Crippen molar-refractivity contribution in [1.29, 1.82) is 0 Å². The van der Waals surface area contributed by atoms with E-state index in [1.165, 1.54) is 25.9 Å². The Bertz CT molecular complexity index is 242. The molecule has 1 saturated heterocycles. The lowest BCUT2D eigenvalue weighted by atomic mass is 10.2. The second kappa shape index (κ2) is 8.45. The minimum Gasteiger partial charge on any atom is -0.466 e. The van der Waals surface area contributed by atoms with Gasteiger partial charge in [-0.05, 0) is 39.9 Å². The van der Waals surface area contributed by atoms with Crippen LogP contribution in [0, 0.1) is 0 Å². The fourth-order valence-corrected chi connectivity index (χ4v) is 2.25. The fourth-order valence-electron chi connectivity index (χ4n) is 2.25. The van der Waals surface area contributed by atoms with Gasteiger partial charge in [0.25, 0.3) is 0 Å². The molecule has 0 aromatic carbocycles. The van der Waals surface area contributed by atoms with Crippen LogP contribution in [0.25, 0.3) is 0 Å². The topological polar surface area (TPSA) is 53.0 Å². The van der Waals surface area contributed by atoms with Gasteiger partial charge in [-0.2, -0.15) is 0 Å². The zero-order valence-corrected chi connectivity index (χ0v) is 11.6. The molecule has 0 bridgehead atoms. The Morgan fingerprint density at radius 3 is 2.72 bits per heavy atom. The van der Waals surface area contributed by atoms with Gasteiger partial charge in [0.15, 0.2) is 0 Å². The van der Waals surface area contributed by atoms with E-state index in [2.05, 4.69) is 9.80 Å². The zero-order chi connectivity index (χ0) is 13.4. The maximum Gasteiger partial charge on any atom is 0.308 e. The fraction of sp³-hybridized carbons (Fsp3) is 0.923. The molecule has 0 radical (unpaired) electrons. The number of hydrogen-bond donors (Lipinski definition) is 1. The lowest BCUT2D eigenvalue weighted by Crippen LogP contribution is -2.36. The summed E-state index contributed by atoms with van der Waals surface area (Å²) in [5, 5.41) is 9.75. The van der Waals surface area contributed by atoms with E-state index in [1.807, 2.05) is 7.05 Å². The van der Waals surface area contributed by atoms with E-state index in [4.69, 9.17) is 4.74 Å². The van der Waals surface area contributed by atoms with Gasteiger partial charge >= 0.3 is 5.97 Å². The average Bonchev–Trinajstić information content (AvgIpc) is 2.79. The van der Waals surface area contributed by atoms with Crippen molar-refractivity contribution in [2.24, 2.45) is 0 Å². The van der Waals surface area contributed by atoms with Crippen LogP contribution in [0.15, 0.2) is 0 Å². The van der Waals surface area contributed by atoms with E-state index in [-0.39, 0.29) is 12.4 Å². The number of aliphatic hydroxyl groups excluding tert-OH is 1. The predicted molar refractivity (Wildman–Crippen MR) is 70.4 cm³/mol. The molecule has 18 heavy (non-hydrogen) atoms. The van der Waals surface area contributed by atoms with Crippen LogP contribution >= 0.6 is 0 Å². The Morgan fingerprint density at radius 2 is 2.11 bits per heavy atom. The summed E-state index contributed by atoms with van der Waals surface area (Å²) in [4.78, 5) is 15.7. The SMILES string of the molecule is CCOC(=O)CC(O)CN(C)CCN1CCCC1. The summed E-state index contributed by atoms with van der Waals surface area (Å²) in [6, 6.07) is 0. The van der Waals surface area contributed by atoms with Crippen molar-refractivity contribution in [1.82, 2.24) is 9.80 Å². The molecule has 1 heterocycles. The van der Waals surface area contributed by atoms with Gasteiger partial charge in [-0.15, -0.1) is 0 Å². The Labute approximate surface area is 110 Å². The standard InChI is InChI=1S/C13H26N2O3/c1-3-18-13(17)10-12(16)11-14(2)8-9-15-6-4-5-7-15/h12,16H,3-11H2,1-2H3. The summed E-state index contributed by atoms with van der Waals surface area (Å²) < 4.78 is 4.81. The lowest BCUT2D eigenvalue weighted by molar-refractivity contribution is -0.145. The minimum absolute atomic E-state index is 0.0852. The number of carbonyl (C=O) groups is 1. The van der Waals surface area contributed by atoms with Crippen molar-refractivity contribution in [2.75, 3.05) is 46.4 Å². The largest absolute Gasteiger partial charge is 0.466 e. The number of hydrogen-bond acceptors (Lipinski definition) is 5. The number of esters is 1. The van der Waals surface area contributed by atoms with Crippen LogP contribution in [-0.2, 0) is 9.53 Å². The van der Waals surface area contributed by atoms with E-state index in [1.54, 1.807) is 6.92 Å². The minimum atomic E-state index is -0.632. The Morgan fingerprint density at radius 1 is 1.44 bits per heavy atom. The molecule has 0 saturated carbocycles. The highest BCUT2D eigenvalue weighted by Crippen LogP contribution is 2.06. The molecular formula is C13H26N2O3. The van der Waals surface area contributed by atoms with Crippen LogP contribution in [0.5, 0.6) is 0 Å². The summed E-state index contributed by atoms with van der Waals surface area (Å²) in [7, 11) is 1.98. The lowest BCUT2D eigenvalue weighted by Gasteiger charge is -2.23. The average molecular weight is 258 g/mol. The molecule has 1 unspecified atom stereocenters. The third kappa shape index (κ3) is 6.33. The van der Waals surface area contributed by atoms with Gasteiger partial charge in [-0.25, -0.2) is 0 Å². The van der Waals surface area contributed by atoms with E-state index >= 15 is 0 Å². The number of aliphatic hydroxyl groups is 1. The molecular weight excluding hydrogens is 232 g/mol. The number of rotatable bonds is 8. The monoisotopic (exact) mass is 258 g/mol. The number of ether oxygens (including phenoxy) is 1. The highest BCUT2D eigenvalue weighted by molar-refractivity contribution is 5.69. The first-order valence-corrected chi connectivity index (χ1v) is 6.86. The van der Waals surface area contributed by atoms with Gasteiger partial charge < -0.3 is 19.6 Å². The molecule has 0 aliphatic carbocycles. The first-order chi connectivity index (χ1) is 8.61. The Hall–Kier alpha value is -0.650.